The maximum Gasteiger partial charge on any atom is 0.251 e. The molecule has 144 valence electrons. The number of carbonyl (C=O) groups is 1. The lowest BCUT2D eigenvalue weighted by Crippen LogP contribution is -2.33. The number of nitrogens with zero attached hydrogens (tertiary/aromatic N) is 2. The third-order valence-corrected chi connectivity index (χ3v) is 6.04. The molecule has 1 aromatic carbocycles. The molecule has 0 aliphatic carbocycles. The summed E-state index contributed by atoms with van der Waals surface area (Å²) in [6.07, 6.45) is 6.28. The van der Waals surface area contributed by atoms with Crippen LogP contribution in [0.2, 0.25) is 0 Å². The first kappa shape index (κ1) is 19.4. The first-order valence-corrected chi connectivity index (χ1v) is 10.4. The third kappa shape index (κ3) is 5.82. The summed E-state index contributed by atoms with van der Waals surface area (Å²) >= 11 is 0. The van der Waals surface area contributed by atoms with E-state index in [1.54, 1.807) is 0 Å². The molecule has 0 radical (unpaired) electrons. The van der Waals surface area contributed by atoms with Crippen LogP contribution in [0.4, 0.5) is 0 Å². The maximum atomic E-state index is 12.4. The molecule has 0 spiro atoms. The van der Waals surface area contributed by atoms with E-state index >= 15 is 0 Å². The van der Waals surface area contributed by atoms with Crippen molar-refractivity contribution in [3.63, 3.8) is 0 Å². The van der Waals surface area contributed by atoms with Gasteiger partial charge in [0.25, 0.3) is 5.91 Å². The van der Waals surface area contributed by atoms with Gasteiger partial charge in [-0.1, -0.05) is 19.1 Å². The van der Waals surface area contributed by atoms with Gasteiger partial charge in [-0.25, -0.2) is 0 Å². The topological polar surface area (TPSA) is 35.6 Å². The summed E-state index contributed by atoms with van der Waals surface area (Å²) in [5.74, 6) is 1.63. The van der Waals surface area contributed by atoms with Gasteiger partial charge in [-0.3, -0.25) is 9.69 Å². The fraction of sp³-hybridized carbons (Fsp3) is 0.682. The Morgan fingerprint density at radius 3 is 2.54 bits per heavy atom. The van der Waals surface area contributed by atoms with Crippen LogP contribution >= 0.6 is 0 Å². The van der Waals surface area contributed by atoms with Crippen molar-refractivity contribution in [3.8, 4) is 0 Å². The maximum absolute atomic E-state index is 12.4. The van der Waals surface area contributed by atoms with E-state index in [0.717, 1.165) is 36.9 Å². The van der Waals surface area contributed by atoms with Crippen LogP contribution in [-0.4, -0.2) is 55.5 Å². The second-order valence-corrected chi connectivity index (χ2v) is 8.47. The van der Waals surface area contributed by atoms with Crippen LogP contribution in [0, 0.1) is 11.8 Å². The van der Waals surface area contributed by atoms with Crippen molar-refractivity contribution >= 4 is 5.91 Å². The Labute approximate surface area is 158 Å². The van der Waals surface area contributed by atoms with Gasteiger partial charge in [0, 0.05) is 25.2 Å². The van der Waals surface area contributed by atoms with Crippen LogP contribution in [0.25, 0.3) is 0 Å². The Hall–Kier alpha value is -1.39. The zero-order valence-corrected chi connectivity index (χ0v) is 16.5. The van der Waals surface area contributed by atoms with Crippen LogP contribution in [0.3, 0.4) is 0 Å². The summed E-state index contributed by atoms with van der Waals surface area (Å²) in [5, 5.41) is 3.10. The van der Waals surface area contributed by atoms with Gasteiger partial charge in [-0.15, -0.1) is 0 Å². The number of hydrogen-bond acceptors (Lipinski definition) is 3. The molecule has 0 aromatic heterocycles. The van der Waals surface area contributed by atoms with Crippen molar-refractivity contribution < 1.29 is 4.79 Å². The third-order valence-electron chi connectivity index (χ3n) is 6.04. The molecule has 2 fully saturated rings. The minimum atomic E-state index is 0.0658. The molecule has 0 saturated carbocycles. The Balaban J connectivity index is 1.40. The van der Waals surface area contributed by atoms with Crippen molar-refractivity contribution in [1.29, 1.82) is 0 Å². The average Bonchev–Trinajstić information content (AvgIpc) is 2.64. The molecule has 1 N–H and O–H groups in total. The summed E-state index contributed by atoms with van der Waals surface area (Å²) in [7, 11) is 2.19. The van der Waals surface area contributed by atoms with Crippen molar-refractivity contribution in [2.75, 3.05) is 39.8 Å². The number of likely N-dealkylation sites (tertiary alicyclic amines) is 2. The molecule has 4 heteroatoms. The van der Waals surface area contributed by atoms with Gasteiger partial charge < -0.3 is 10.2 Å². The summed E-state index contributed by atoms with van der Waals surface area (Å²) < 4.78 is 0. The van der Waals surface area contributed by atoms with E-state index in [-0.39, 0.29) is 5.91 Å². The van der Waals surface area contributed by atoms with Gasteiger partial charge in [0.15, 0.2) is 0 Å². The molecular formula is C22H35N3O. The van der Waals surface area contributed by atoms with E-state index in [0.29, 0.717) is 0 Å². The smallest absolute Gasteiger partial charge is 0.251 e. The highest BCUT2D eigenvalue weighted by molar-refractivity contribution is 5.94. The quantitative estimate of drug-likeness (QED) is 0.848. The van der Waals surface area contributed by atoms with Crippen LogP contribution < -0.4 is 5.32 Å². The molecule has 26 heavy (non-hydrogen) atoms. The molecule has 1 amide bonds. The standard InChI is InChI=1S/C22H35N3O/c1-18-4-3-13-25(16-18)17-20-5-7-21(8-6-20)22(26)23-12-9-19-10-14-24(2)15-11-19/h5-8,18-19H,3-4,9-17H2,1-2H3,(H,23,26). The summed E-state index contributed by atoms with van der Waals surface area (Å²) in [5.41, 5.74) is 2.09. The summed E-state index contributed by atoms with van der Waals surface area (Å²) in [4.78, 5) is 17.3. The van der Waals surface area contributed by atoms with E-state index in [4.69, 9.17) is 0 Å². The van der Waals surface area contributed by atoms with Crippen molar-refractivity contribution in [1.82, 2.24) is 15.1 Å². The van der Waals surface area contributed by atoms with E-state index in [2.05, 4.69) is 41.2 Å². The Kier molecular flexibility index (Phi) is 7.09. The fourth-order valence-electron chi connectivity index (χ4n) is 4.29. The van der Waals surface area contributed by atoms with E-state index < -0.39 is 0 Å². The summed E-state index contributed by atoms with van der Waals surface area (Å²) in [6, 6.07) is 8.19. The zero-order valence-electron chi connectivity index (χ0n) is 16.5. The lowest BCUT2D eigenvalue weighted by atomic mass is 9.94. The minimum absolute atomic E-state index is 0.0658. The highest BCUT2D eigenvalue weighted by Gasteiger charge is 2.17. The normalized spacial score (nSPS) is 23.1. The van der Waals surface area contributed by atoms with Crippen LogP contribution in [0.1, 0.15) is 54.9 Å². The molecule has 2 saturated heterocycles. The number of hydrogen-bond donors (Lipinski definition) is 1. The van der Waals surface area contributed by atoms with Gasteiger partial charge in [0.2, 0.25) is 0 Å². The zero-order chi connectivity index (χ0) is 18.4. The molecule has 2 aliphatic heterocycles. The second-order valence-electron chi connectivity index (χ2n) is 8.47. The Bertz CT molecular complexity index is 563. The molecule has 2 aliphatic rings. The van der Waals surface area contributed by atoms with Gasteiger partial charge >= 0.3 is 0 Å². The molecule has 4 nitrogen and oxygen atoms in total. The van der Waals surface area contributed by atoms with Gasteiger partial charge in [0.1, 0.15) is 0 Å². The van der Waals surface area contributed by atoms with Crippen molar-refractivity contribution in [3.05, 3.63) is 35.4 Å². The molecule has 3 rings (SSSR count). The lowest BCUT2D eigenvalue weighted by molar-refractivity contribution is 0.0949. The highest BCUT2D eigenvalue weighted by atomic mass is 16.1. The molecule has 1 atom stereocenters. The molecule has 2 heterocycles. The van der Waals surface area contributed by atoms with E-state index in [9.17, 15) is 4.79 Å². The number of rotatable bonds is 6. The Morgan fingerprint density at radius 1 is 1.12 bits per heavy atom. The first-order valence-electron chi connectivity index (χ1n) is 10.4. The molecule has 1 aromatic rings. The van der Waals surface area contributed by atoms with Crippen molar-refractivity contribution in [2.24, 2.45) is 11.8 Å². The first-order chi connectivity index (χ1) is 12.6. The van der Waals surface area contributed by atoms with Crippen LogP contribution in [0.5, 0.6) is 0 Å². The molecule has 0 bridgehead atoms. The Morgan fingerprint density at radius 2 is 1.85 bits per heavy atom. The lowest BCUT2D eigenvalue weighted by Gasteiger charge is -2.30. The van der Waals surface area contributed by atoms with Gasteiger partial charge in [-0.05, 0) is 88.3 Å². The second kappa shape index (κ2) is 9.52. The number of piperidine rings is 2. The highest BCUT2D eigenvalue weighted by Crippen LogP contribution is 2.19. The largest absolute Gasteiger partial charge is 0.352 e. The number of carbonyl (C=O) groups excluding carboxylic acids is 1. The number of benzene rings is 1. The predicted octanol–water partition coefficient (Wildman–Crippen LogP) is 3.38. The van der Waals surface area contributed by atoms with Crippen LogP contribution in [0.15, 0.2) is 24.3 Å². The molecular weight excluding hydrogens is 322 g/mol. The minimum Gasteiger partial charge on any atom is -0.352 e. The monoisotopic (exact) mass is 357 g/mol. The number of nitrogens with one attached hydrogen (secondary N) is 1. The number of amides is 1. The summed E-state index contributed by atoms with van der Waals surface area (Å²) in [6.45, 7) is 8.91. The SMILES string of the molecule is CC1CCCN(Cc2ccc(C(=O)NCCC3CCN(C)CC3)cc2)C1. The van der Waals surface area contributed by atoms with Gasteiger partial charge in [0.05, 0.1) is 0 Å². The van der Waals surface area contributed by atoms with Crippen molar-refractivity contribution in [2.45, 2.75) is 45.6 Å². The average molecular weight is 358 g/mol. The predicted molar refractivity (Wildman–Crippen MR) is 107 cm³/mol. The fourth-order valence-corrected chi connectivity index (χ4v) is 4.29. The molecule has 1 unspecified atom stereocenters. The van der Waals surface area contributed by atoms with Gasteiger partial charge in [-0.2, -0.15) is 0 Å². The van der Waals surface area contributed by atoms with E-state index in [1.807, 2.05) is 12.1 Å². The van der Waals surface area contributed by atoms with E-state index in [1.165, 1.54) is 57.4 Å². The van der Waals surface area contributed by atoms with Crippen LogP contribution in [-0.2, 0) is 6.54 Å².